The Balaban J connectivity index is 1.80. The summed E-state index contributed by atoms with van der Waals surface area (Å²) in [4.78, 5) is 11.6. The lowest BCUT2D eigenvalue weighted by molar-refractivity contribution is -0.126. The number of hydrogen-bond acceptors (Lipinski definition) is 4. The van der Waals surface area contributed by atoms with Crippen molar-refractivity contribution in [3.8, 4) is 0 Å². The van der Waals surface area contributed by atoms with Gasteiger partial charge in [0.15, 0.2) is 0 Å². The fraction of sp³-hybridized carbons (Fsp3) is 0.889. The highest BCUT2D eigenvalue weighted by molar-refractivity contribution is 5.83. The van der Waals surface area contributed by atoms with Gasteiger partial charge in [-0.3, -0.25) is 4.79 Å². The molecule has 1 unspecified atom stereocenters. The Hall–Kier alpha value is -0.650. The average Bonchev–Trinajstić information content (AvgIpc) is 2.48. The molecule has 0 aromatic heterocycles. The molecule has 2 aliphatic heterocycles. The van der Waals surface area contributed by atoms with Gasteiger partial charge in [-0.15, -0.1) is 0 Å². The van der Waals surface area contributed by atoms with Crippen molar-refractivity contribution >= 4 is 5.91 Å². The van der Waals surface area contributed by atoms with Gasteiger partial charge >= 0.3 is 0 Å². The van der Waals surface area contributed by atoms with E-state index in [0.717, 1.165) is 26.1 Å². The minimum absolute atomic E-state index is 0.0214. The van der Waals surface area contributed by atoms with Gasteiger partial charge in [0.25, 0.3) is 0 Å². The highest BCUT2D eigenvalue weighted by atomic mass is 16.5. The van der Waals surface area contributed by atoms with Crippen LogP contribution in [0, 0.1) is 0 Å². The third-order valence-electron chi connectivity index (χ3n) is 2.93. The summed E-state index contributed by atoms with van der Waals surface area (Å²) < 4.78 is 5.26. The smallest absolute Gasteiger partial charge is 0.237 e. The lowest BCUT2D eigenvalue weighted by Gasteiger charge is -2.28. The van der Waals surface area contributed by atoms with Gasteiger partial charge < -0.3 is 20.7 Å². The Bertz CT molecular complexity index is 218. The number of ether oxygens (including phenoxy) is 1. The molecule has 2 saturated heterocycles. The highest BCUT2D eigenvalue weighted by Gasteiger charge is 2.32. The second kappa shape index (κ2) is 4.25. The first-order chi connectivity index (χ1) is 6.81. The standard InChI is InChI=1S/C9H17N3O2/c1-14-8-5-10-4-7(8)12-9(13)6-2-3-11-6/h6-8,10-11H,2-5H2,1H3,(H,12,13)/t6-,7?,8+/m1/s1. The summed E-state index contributed by atoms with van der Waals surface area (Å²) >= 11 is 0. The molecule has 0 spiro atoms. The van der Waals surface area contributed by atoms with Gasteiger partial charge in [-0.2, -0.15) is 0 Å². The van der Waals surface area contributed by atoms with E-state index in [1.54, 1.807) is 7.11 Å². The van der Waals surface area contributed by atoms with E-state index in [1.807, 2.05) is 0 Å². The Morgan fingerprint density at radius 1 is 1.50 bits per heavy atom. The SMILES string of the molecule is CO[C@H]1CNCC1NC(=O)[C@H]1CCN1. The number of hydrogen-bond donors (Lipinski definition) is 3. The molecule has 0 saturated carbocycles. The number of carbonyl (C=O) groups excluding carboxylic acids is 1. The zero-order valence-corrected chi connectivity index (χ0v) is 8.38. The van der Waals surface area contributed by atoms with Crippen LogP contribution in [0.3, 0.4) is 0 Å². The van der Waals surface area contributed by atoms with Crippen molar-refractivity contribution in [1.29, 1.82) is 0 Å². The predicted molar refractivity (Wildman–Crippen MR) is 52.0 cm³/mol. The average molecular weight is 199 g/mol. The van der Waals surface area contributed by atoms with Gasteiger partial charge in [-0.05, 0) is 13.0 Å². The number of rotatable bonds is 3. The van der Waals surface area contributed by atoms with Crippen LogP contribution in [0.4, 0.5) is 0 Å². The van der Waals surface area contributed by atoms with E-state index in [1.165, 1.54) is 0 Å². The molecule has 3 atom stereocenters. The maximum Gasteiger partial charge on any atom is 0.237 e. The predicted octanol–water partition coefficient (Wildman–Crippen LogP) is -1.55. The van der Waals surface area contributed by atoms with E-state index < -0.39 is 0 Å². The molecule has 2 rings (SSSR count). The summed E-state index contributed by atoms with van der Waals surface area (Å²) in [6, 6.07) is 0.142. The Kier molecular flexibility index (Phi) is 3.00. The summed E-state index contributed by atoms with van der Waals surface area (Å²) in [5.74, 6) is 0.104. The molecule has 0 bridgehead atoms. The maximum atomic E-state index is 11.6. The Labute approximate surface area is 83.6 Å². The molecule has 0 aromatic carbocycles. The second-order valence-corrected chi connectivity index (χ2v) is 3.84. The van der Waals surface area contributed by atoms with Crippen molar-refractivity contribution in [2.24, 2.45) is 0 Å². The highest BCUT2D eigenvalue weighted by Crippen LogP contribution is 2.06. The van der Waals surface area contributed by atoms with Crippen molar-refractivity contribution < 1.29 is 9.53 Å². The molecule has 5 nitrogen and oxygen atoms in total. The molecule has 1 amide bonds. The van der Waals surface area contributed by atoms with Crippen molar-refractivity contribution in [3.63, 3.8) is 0 Å². The van der Waals surface area contributed by atoms with Gasteiger partial charge in [-0.25, -0.2) is 0 Å². The number of amides is 1. The summed E-state index contributed by atoms with van der Waals surface area (Å²) in [7, 11) is 1.68. The first-order valence-electron chi connectivity index (χ1n) is 5.08. The molecule has 0 aromatic rings. The quantitative estimate of drug-likeness (QED) is 0.515. The van der Waals surface area contributed by atoms with E-state index >= 15 is 0 Å². The fourth-order valence-electron chi connectivity index (χ4n) is 1.84. The largest absolute Gasteiger partial charge is 0.378 e. The van der Waals surface area contributed by atoms with E-state index in [0.29, 0.717) is 0 Å². The van der Waals surface area contributed by atoms with Crippen LogP contribution in [0.15, 0.2) is 0 Å². The van der Waals surface area contributed by atoms with E-state index in [9.17, 15) is 4.79 Å². The van der Waals surface area contributed by atoms with Crippen LogP contribution in [0.5, 0.6) is 0 Å². The monoisotopic (exact) mass is 199 g/mol. The van der Waals surface area contributed by atoms with Crippen LogP contribution in [0.1, 0.15) is 6.42 Å². The number of methoxy groups -OCH3 is 1. The zero-order valence-electron chi connectivity index (χ0n) is 8.38. The lowest BCUT2D eigenvalue weighted by atomic mass is 10.1. The van der Waals surface area contributed by atoms with Gasteiger partial charge in [0.05, 0.1) is 18.2 Å². The number of carbonyl (C=O) groups is 1. The third-order valence-corrected chi connectivity index (χ3v) is 2.93. The molecule has 2 aliphatic rings. The summed E-state index contributed by atoms with van der Waals surface area (Å²) in [5.41, 5.74) is 0. The molecule has 3 N–H and O–H groups in total. The van der Waals surface area contributed by atoms with Crippen LogP contribution < -0.4 is 16.0 Å². The van der Waals surface area contributed by atoms with Crippen molar-refractivity contribution in [3.05, 3.63) is 0 Å². The molecular formula is C9H17N3O2. The van der Waals surface area contributed by atoms with E-state index in [2.05, 4.69) is 16.0 Å². The van der Waals surface area contributed by atoms with E-state index in [-0.39, 0.29) is 24.1 Å². The lowest BCUT2D eigenvalue weighted by Crippen LogP contribution is -2.57. The van der Waals surface area contributed by atoms with Crippen molar-refractivity contribution in [1.82, 2.24) is 16.0 Å². The maximum absolute atomic E-state index is 11.6. The first-order valence-corrected chi connectivity index (χ1v) is 5.08. The molecule has 5 heteroatoms. The molecule has 2 fully saturated rings. The zero-order chi connectivity index (χ0) is 9.97. The first kappa shape index (κ1) is 9.89. The topological polar surface area (TPSA) is 62.4 Å². The van der Waals surface area contributed by atoms with Crippen LogP contribution in [-0.4, -0.2) is 50.8 Å². The molecule has 0 aliphatic carbocycles. The Morgan fingerprint density at radius 3 is 2.86 bits per heavy atom. The second-order valence-electron chi connectivity index (χ2n) is 3.84. The molecule has 80 valence electrons. The minimum atomic E-state index is 0.0214. The van der Waals surface area contributed by atoms with Gasteiger partial charge in [0, 0.05) is 20.2 Å². The van der Waals surface area contributed by atoms with Crippen LogP contribution in [0.2, 0.25) is 0 Å². The summed E-state index contributed by atoms with van der Waals surface area (Å²) in [5, 5.41) is 9.27. The van der Waals surface area contributed by atoms with Gasteiger partial charge in [0.1, 0.15) is 0 Å². The summed E-state index contributed by atoms with van der Waals surface area (Å²) in [6.45, 7) is 2.57. The van der Waals surface area contributed by atoms with Gasteiger partial charge in [0.2, 0.25) is 5.91 Å². The molecular weight excluding hydrogens is 182 g/mol. The van der Waals surface area contributed by atoms with Crippen LogP contribution >= 0.6 is 0 Å². The van der Waals surface area contributed by atoms with Crippen LogP contribution in [-0.2, 0) is 9.53 Å². The minimum Gasteiger partial charge on any atom is -0.378 e. The van der Waals surface area contributed by atoms with Crippen molar-refractivity contribution in [2.75, 3.05) is 26.7 Å². The van der Waals surface area contributed by atoms with Crippen LogP contribution in [0.25, 0.3) is 0 Å². The molecule has 0 radical (unpaired) electrons. The number of nitrogens with one attached hydrogen (secondary N) is 3. The molecule has 14 heavy (non-hydrogen) atoms. The third kappa shape index (κ3) is 1.89. The van der Waals surface area contributed by atoms with E-state index in [4.69, 9.17) is 4.74 Å². The van der Waals surface area contributed by atoms with Crippen molar-refractivity contribution in [2.45, 2.75) is 24.6 Å². The normalized spacial score (nSPS) is 36.5. The molecule has 2 heterocycles. The Morgan fingerprint density at radius 2 is 2.29 bits per heavy atom. The summed E-state index contributed by atoms with van der Waals surface area (Å²) in [6.07, 6.45) is 1.06. The van der Waals surface area contributed by atoms with Gasteiger partial charge in [-0.1, -0.05) is 0 Å². The fourth-order valence-corrected chi connectivity index (χ4v) is 1.84.